The molecule has 1 heterocycles. The van der Waals surface area contributed by atoms with Gasteiger partial charge in [0.05, 0.1) is 12.9 Å². The molecule has 0 amide bonds. The summed E-state index contributed by atoms with van der Waals surface area (Å²) in [5, 5.41) is 0. The Morgan fingerprint density at radius 2 is 2.04 bits per heavy atom. The highest BCUT2D eigenvalue weighted by atomic mass is 19.1. The molecule has 1 aromatic heterocycles. The highest BCUT2D eigenvalue weighted by Crippen LogP contribution is 2.40. The first-order valence-electron chi connectivity index (χ1n) is 7.80. The third kappa shape index (κ3) is 3.15. The first-order chi connectivity index (χ1) is 11.6. The average Bonchev–Trinajstić information content (AvgIpc) is 3.09. The molecule has 0 fully saturated rings. The second-order valence-electron chi connectivity index (χ2n) is 5.63. The molecule has 24 heavy (non-hydrogen) atoms. The molecule has 0 unspecified atom stereocenters. The molecule has 4 nitrogen and oxygen atoms in total. The first-order valence-corrected chi connectivity index (χ1v) is 7.80. The minimum atomic E-state index is -0.916. The van der Waals surface area contributed by atoms with Gasteiger partial charge < -0.3 is 9.15 Å². The van der Waals surface area contributed by atoms with Crippen molar-refractivity contribution in [2.75, 3.05) is 6.61 Å². The second-order valence-corrected chi connectivity index (χ2v) is 5.63. The maximum absolute atomic E-state index is 13.1. The molecule has 0 radical (unpaired) electrons. The van der Waals surface area contributed by atoms with Crippen LogP contribution < -0.4 is 0 Å². The van der Waals surface area contributed by atoms with E-state index in [0.29, 0.717) is 12.2 Å². The maximum atomic E-state index is 13.1. The molecule has 2 atom stereocenters. The minimum Gasteiger partial charge on any atom is -0.469 e. The number of carbonyl (C=O) groups is 2. The Bertz CT molecular complexity index is 759. The predicted molar refractivity (Wildman–Crippen MR) is 85.6 cm³/mol. The lowest BCUT2D eigenvalue weighted by atomic mass is 9.76. The molecule has 3 rings (SSSR count). The van der Waals surface area contributed by atoms with E-state index in [2.05, 4.69) is 0 Å². The van der Waals surface area contributed by atoms with Crippen LogP contribution in [0.4, 0.5) is 4.39 Å². The van der Waals surface area contributed by atoms with E-state index in [-0.39, 0.29) is 18.2 Å². The Kier molecular flexibility index (Phi) is 4.60. The van der Waals surface area contributed by atoms with Gasteiger partial charge in [0.15, 0.2) is 5.78 Å². The fourth-order valence-corrected chi connectivity index (χ4v) is 3.02. The van der Waals surface area contributed by atoms with Crippen LogP contribution in [0.5, 0.6) is 0 Å². The zero-order valence-electron chi connectivity index (χ0n) is 13.2. The van der Waals surface area contributed by atoms with Gasteiger partial charge in [-0.2, -0.15) is 0 Å². The number of hydrogen-bond donors (Lipinski definition) is 0. The summed E-state index contributed by atoms with van der Waals surface area (Å²) in [5.41, 5.74) is 1.51. The van der Waals surface area contributed by atoms with Crippen LogP contribution in [0.25, 0.3) is 5.57 Å². The Hall–Kier alpha value is -2.69. The number of ketones is 1. The fourth-order valence-electron chi connectivity index (χ4n) is 3.02. The number of rotatable bonds is 4. The van der Waals surface area contributed by atoms with Crippen molar-refractivity contribution in [3.63, 3.8) is 0 Å². The number of hydrogen-bond acceptors (Lipinski definition) is 4. The predicted octanol–water partition coefficient (Wildman–Crippen LogP) is 3.74. The lowest BCUT2D eigenvalue weighted by molar-refractivity contribution is -0.151. The van der Waals surface area contributed by atoms with Crippen LogP contribution >= 0.6 is 0 Å². The molecule has 1 aliphatic rings. The number of esters is 1. The number of halogens is 1. The van der Waals surface area contributed by atoms with E-state index in [1.54, 1.807) is 31.2 Å². The summed E-state index contributed by atoms with van der Waals surface area (Å²) in [6.45, 7) is 1.91. The summed E-state index contributed by atoms with van der Waals surface area (Å²) < 4.78 is 23.6. The van der Waals surface area contributed by atoms with E-state index in [9.17, 15) is 14.0 Å². The van der Waals surface area contributed by atoms with Crippen LogP contribution in [-0.2, 0) is 14.3 Å². The van der Waals surface area contributed by atoms with Gasteiger partial charge in [-0.15, -0.1) is 0 Å². The Morgan fingerprint density at radius 1 is 1.29 bits per heavy atom. The molecule has 5 heteroatoms. The largest absolute Gasteiger partial charge is 0.469 e. The standard InChI is InChI=1S/C19H17FO4/c1-2-23-19(22)18-15(17-4-3-9-24-17)10-13(11-16(18)21)12-5-7-14(20)8-6-12/h3-9,11,15,18H,2,10H2,1H3/t15-,18-/m1/s1. The van der Waals surface area contributed by atoms with Gasteiger partial charge in [0.25, 0.3) is 0 Å². The minimum absolute atomic E-state index is 0.210. The fraction of sp³-hybridized carbons (Fsp3) is 0.263. The third-order valence-corrected chi connectivity index (χ3v) is 4.13. The number of allylic oxidation sites excluding steroid dienone is 2. The smallest absolute Gasteiger partial charge is 0.317 e. The van der Waals surface area contributed by atoms with Crippen molar-refractivity contribution in [3.05, 3.63) is 65.9 Å². The monoisotopic (exact) mass is 328 g/mol. The molecule has 124 valence electrons. The van der Waals surface area contributed by atoms with Crippen LogP contribution in [0, 0.1) is 11.7 Å². The van der Waals surface area contributed by atoms with Crippen molar-refractivity contribution in [1.82, 2.24) is 0 Å². The summed E-state index contributed by atoms with van der Waals surface area (Å²) in [6.07, 6.45) is 3.40. The van der Waals surface area contributed by atoms with E-state index in [0.717, 1.165) is 11.1 Å². The van der Waals surface area contributed by atoms with Crippen LogP contribution in [0.2, 0.25) is 0 Å². The molecule has 0 N–H and O–H groups in total. The molecule has 0 bridgehead atoms. The summed E-state index contributed by atoms with van der Waals surface area (Å²) in [5.74, 6) is -1.99. The molecular weight excluding hydrogens is 311 g/mol. The third-order valence-electron chi connectivity index (χ3n) is 4.13. The average molecular weight is 328 g/mol. The van der Waals surface area contributed by atoms with Gasteiger partial charge in [0.2, 0.25) is 0 Å². The van der Waals surface area contributed by atoms with Gasteiger partial charge in [0, 0.05) is 5.92 Å². The molecule has 1 aromatic carbocycles. The molecule has 0 aliphatic heterocycles. The molecule has 0 saturated heterocycles. The zero-order chi connectivity index (χ0) is 17.1. The SMILES string of the molecule is CCOC(=O)[C@H]1C(=O)C=C(c2ccc(F)cc2)C[C@@H]1c1ccco1. The van der Waals surface area contributed by atoms with E-state index < -0.39 is 17.8 Å². The molecular formula is C19H17FO4. The van der Waals surface area contributed by atoms with Gasteiger partial charge in [-0.25, -0.2) is 4.39 Å². The Labute approximate surface area is 138 Å². The summed E-state index contributed by atoms with van der Waals surface area (Å²) in [4.78, 5) is 24.8. The highest BCUT2D eigenvalue weighted by Gasteiger charge is 2.41. The van der Waals surface area contributed by atoms with Crippen molar-refractivity contribution in [2.45, 2.75) is 19.3 Å². The Balaban J connectivity index is 1.98. The molecule has 2 aromatic rings. The van der Waals surface area contributed by atoms with Gasteiger partial charge >= 0.3 is 5.97 Å². The van der Waals surface area contributed by atoms with E-state index in [4.69, 9.17) is 9.15 Å². The van der Waals surface area contributed by atoms with Crippen molar-refractivity contribution in [3.8, 4) is 0 Å². The van der Waals surface area contributed by atoms with Gasteiger partial charge in [-0.05, 0) is 54.8 Å². The molecule has 0 saturated carbocycles. The van der Waals surface area contributed by atoms with Crippen molar-refractivity contribution in [1.29, 1.82) is 0 Å². The number of furan rings is 1. The number of benzene rings is 1. The lowest BCUT2D eigenvalue weighted by Crippen LogP contribution is -2.33. The molecule has 1 aliphatic carbocycles. The Morgan fingerprint density at radius 3 is 2.67 bits per heavy atom. The number of ether oxygens (including phenoxy) is 1. The summed E-state index contributed by atoms with van der Waals surface area (Å²) in [6, 6.07) is 9.41. The van der Waals surface area contributed by atoms with Crippen LogP contribution in [-0.4, -0.2) is 18.4 Å². The first kappa shape index (κ1) is 16.2. The lowest BCUT2D eigenvalue weighted by Gasteiger charge is -2.27. The summed E-state index contributed by atoms with van der Waals surface area (Å²) >= 11 is 0. The van der Waals surface area contributed by atoms with E-state index in [1.807, 2.05) is 0 Å². The van der Waals surface area contributed by atoms with Crippen LogP contribution in [0.15, 0.2) is 53.2 Å². The topological polar surface area (TPSA) is 56.5 Å². The maximum Gasteiger partial charge on any atom is 0.317 e. The van der Waals surface area contributed by atoms with Gasteiger partial charge in [-0.3, -0.25) is 9.59 Å². The highest BCUT2D eigenvalue weighted by molar-refractivity contribution is 6.10. The quantitative estimate of drug-likeness (QED) is 0.634. The normalized spacial score (nSPS) is 20.6. The van der Waals surface area contributed by atoms with E-state index >= 15 is 0 Å². The summed E-state index contributed by atoms with van der Waals surface area (Å²) in [7, 11) is 0. The van der Waals surface area contributed by atoms with Crippen molar-refractivity contribution < 1.29 is 23.1 Å². The molecule has 0 spiro atoms. The van der Waals surface area contributed by atoms with Gasteiger partial charge in [0.1, 0.15) is 17.5 Å². The van der Waals surface area contributed by atoms with Crippen LogP contribution in [0.3, 0.4) is 0 Å². The van der Waals surface area contributed by atoms with Crippen molar-refractivity contribution in [2.24, 2.45) is 5.92 Å². The van der Waals surface area contributed by atoms with Crippen molar-refractivity contribution >= 4 is 17.3 Å². The second kappa shape index (κ2) is 6.83. The van der Waals surface area contributed by atoms with Gasteiger partial charge in [-0.1, -0.05) is 12.1 Å². The van der Waals surface area contributed by atoms with E-state index in [1.165, 1.54) is 24.5 Å². The number of carbonyl (C=O) groups excluding carboxylic acids is 2. The van der Waals surface area contributed by atoms with Crippen LogP contribution in [0.1, 0.15) is 30.6 Å². The zero-order valence-corrected chi connectivity index (χ0v) is 13.2.